The molecular formula is C16H22N2O2. The van der Waals surface area contributed by atoms with Crippen molar-refractivity contribution in [2.75, 3.05) is 26.7 Å². The first-order chi connectivity index (χ1) is 9.69. The number of benzene rings is 1. The largest absolute Gasteiger partial charge is 0.395 e. The number of aliphatic hydroxyl groups is 1. The van der Waals surface area contributed by atoms with Crippen LogP contribution >= 0.6 is 0 Å². The van der Waals surface area contributed by atoms with Gasteiger partial charge in [-0.1, -0.05) is 30.9 Å². The van der Waals surface area contributed by atoms with Crippen LogP contribution in [0.5, 0.6) is 0 Å². The summed E-state index contributed by atoms with van der Waals surface area (Å²) in [4.78, 5) is 13.5. The van der Waals surface area contributed by atoms with Crippen molar-refractivity contribution in [2.45, 2.75) is 19.9 Å². The minimum absolute atomic E-state index is 0.0192. The lowest BCUT2D eigenvalue weighted by Gasteiger charge is -2.19. The molecule has 0 aliphatic rings. The minimum atomic E-state index is 0.0192. The van der Waals surface area contributed by atoms with Crippen molar-refractivity contribution in [3.63, 3.8) is 0 Å². The fraction of sp³-hybridized carbons (Fsp3) is 0.438. The Labute approximate surface area is 120 Å². The van der Waals surface area contributed by atoms with E-state index >= 15 is 0 Å². The molecule has 0 unspecified atom stereocenters. The summed E-state index contributed by atoms with van der Waals surface area (Å²) < 4.78 is 0. The number of carbonyl (C=O) groups excluding carboxylic acids is 1. The number of amides is 1. The van der Waals surface area contributed by atoms with E-state index in [4.69, 9.17) is 5.11 Å². The fourth-order valence-corrected chi connectivity index (χ4v) is 1.79. The number of likely N-dealkylation sites (N-methyl/N-ethyl adjacent to an activating group) is 2. The molecule has 1 aromatic carbocycles. The van der Waals surface area contributed by atoms with Crippen molar-refractivity contribution in [3.05, 3.63) is 35.4 Å². The molecule has 1 amide bonds. The molecule has 0 aliphatic heterocycles. The lowest BCUT2D eigenvalue weighted by molar-refractivity contribution is -0.121. The van der Waals surface area contributed by atoms with E-state index in [1.54, 1.807) is 7.05 Å². The van der Waals surface area contributed by atoms with Gasteiger partial charge in [-0.2, -0.15) is 0 Å². The first-order valence-electron chi connectivity index (χ1n) is 6.81. The third kappa shape index (κ3) is 5.87. The van der Waals surface area contributed by atoms with Crippen molar-refractivity contribution in [3.8, 4) is 11.8 Å². The number of hydrogen-bond acceptors (Lipinski definition) is 3. The van der Waals surface area contributed by atoms with Crippen molar-refractivity contribution >= 4 is 5.91 Å². The minimum Gasteiger partial charge on any atom is -0.395 e. The molecule has 0 heterocycles. The molecular weight excluding hydrogens is 252 g/mol. The first-order valence-corrected chi connectivity index (χ1v) is 6.81. The molecule has 20 heavy (non-hydrogen) atoms. The van der Waals surface area contributed by atoms with Gasteiger partial charge in [0.25, 0.3) is 0 Å². The average Bonchev–Trinajstić information content (AvgIpc) is 2.47. The maximum Gasteiger partial charge on any atom is 0.233 e. The molecule has 108 valence electrons. The van der Waals surface area contributed by atoms with Crippen LogP contribution in [0.15, 0.2) is 24.3 Å². The highest BCUT2D eigenvalue weighted by Crippen LogP contribution is 2.07. The fourth-order valence-electron chi connectivity index (χ4n) is 1.79. The van der Waals surface area contributed by atoms with Gasteiger partial charge in [-0.15, -0.1) is 0 Å². The molecule has 0 spiro atoms. The second-order valence-corrected chi connectivity index (χ2v) is 4.45. The summed E-state index contributed by atoms with van der Waals surface area (Å²) in [5, 5.41) is 11.3. The zero-order valence-electron chi connectivity index (χ0n) is 12.1. The Morgan fingerprint density at radius 3 is 2.90 bits per heavy atom. The topological polar surface area (TPSA) is 52.6 Å². The smallest absolute Gasteiger partial charge is 0.233 e. The SMILES string of the molecule is CCN(CC(=O)NC)Cc1cccc(C#CCCO)c1. The van der Waals surface area contributed by atoms with E-state index in [-0.39, 0.29) is 12.5 Å². The van der Waals surface area contributed by atoms with Crippen LogP contribution in [-0.2, 0) is 11.3 Å². The highest BCUT2D eigenvalue weighted by atomic mass is 16.2. The van der Waals surface area contributed by atoms with Crippen LogP contribution in [0.2, 0.25) is 0 Å². The molecule has 1 aromatic rings. The van der Waals surface area contributed by atoms with E-state index in [1.165, 1.54) is 0 Å². The van der Waals surface area contributed by atoms with E-state index in [2.05, 4.69) is 22.1 Å². The first kappa shape index (κ1) is 16.2. The molecule has 4 nitrogen and oxygen atoms in total. The van der Waals surface area contributed by atoms with Crippen molar-refractivity contribution in [2.24, 2.45) is 0 Å². The highest BCUT2D eigenvalue weighted by molar-refractivity contribution is 5.77. The maximum atomic E-state index is 11.4. The van der Waals surface area contributed by atoms with Gasteiger partial charge >= 0.3 is 0 Å². The Balaban J connectivity index is 2.69. The molecule has 0 radical (unpaired) electrons. The van der Waals surface area contributed by atoms with E-state index in [0.717, 1.165) is 24.2 Å². The molecule has 0 atom stereocenters. The van der Waals surface area contributed by atoms with Gasteiger partial charge in [-0.05, 0) is 24.2 Å². The van der Waals surface area contributed by atoms with Crippen LogP contribution in [0.25, 0.3) is 0 Å². The molecule has 0 saturated carbocycles. The molecule has 0 fully saturated rings. The average molecular weight is 274 g/mol. The number of nitrogens with zero attached hydrogens (tertiary/aromatic N) is 1. The zero-order valence-corrected chi connectivity index (χ0v) is 12.1. The maximum absolute atomic E-state index is 11.4. The van der Waals surface area contributed by atoms with Crippen molar-refractivity contribution in [1.82, 2.24) is 10.2 Å². The Kier molecular flexibility index (Phi) is 7.41. The van der Waals surface area contributed by atoms with Crippen LogP contribution in [-0.4, -0.2) is 42.7 Å². The second-order valence-electron chi connectivity index (χ2n) is 4.45. The Morgan fingerprint density at radius 1 is 1.45 bits per heavy atom. The Bertz CT molecular complexity index is 489. The number of carbonyl (C=O) groups is 1. The Morgan fingerprint density at radius 2 is 2.25 bits per heavy atom. The van der Waals surface area contributed by atoms with Gasteiger partial charge in [0.05, 0.1) is 13.2 Å². The van der Waals surface area contributed by atoms with E-state index in [9.17, 15) is 4.79 Å². The van der Waals surface area contributed by atoms with Gasteiger partial charge in [0, 0.05) is 25.6 Å². The molecule has 4 heteroatoms. The summed E-state index contributed by atoms with van der Waals surface area (Å²) in [6, 6.07) is 7.97. The number of rotatable bonds is 6. The van der Waals surface area contributed by atoms with Gasteiger partial charge in [0.2, 0.25) is 5.91 Å². The third-order valence-electron chi connectivity index (χ3n) is 2.90. The summed E-state index contributed by atoms with van der Waals surface area (Å²) >= 11 is 0. The van der Waals surface area contributed by atoms with Crippen LogP contribution < -0.4 is 5.32 Å². The predicted molar refractivity (Wildman–Crippen MR) is 80.0 cm³/mol. The molecule has 0 bridgehead atoms. The van der Waals surface area contributed by atoms with Crippen LogP contribution in [0.4, 0.5) is 0 Å². The normalized spacial score (nSPS) is 10.0. The van der Waals surface area contributed by atoms with Crippen LogP contribution in [0.1, 0.15) is 24.5 Å². The summed E-state index contributed by atoms with van der Waals surface area (Å²) in [7, 11) is 1.65. The summed E-state index contributed by atoms with van der Waals surface area (Å²) in [6.45, 7) is 4.05. The van der Waals surface area contributed by atoms with Gasteiger partial charge in [0.15, 0.2) is 0 Å². The van der Waals surface area contributed by atoms with Crippen LogP contribution in [0.3, 0.4) is 0 Å². The molecule has 0 saturated heterocycles. The van der Waals surface area contributed by atoms with E-state index in [1.807, 2.05) is 31.2 Å². The summed E-state index contributed by atoms with van der Waals surface area (Å²) in [6.07, 6.45) is 0.488. The van der Waals surface area contributed by atoms with Crippen molar-refractivity contribution in [1.29, 1.82) is 0 Å². The number of aliphatic hydroxyl groups excluding tert-OH is 1. The monoisotopic (exact) mass is 274 g/mol. The molecule has 0 aliphatic carbocycles. The second kappa shape index (κ2) is 9.13. The Hall–Kier alpha value is -1.83. The summed E-state index contributed by atoms with van der Waals surface area (Å²) in [5.74, 6) is 5.95. The number of hydrogen-bond donors (Lipinski definition) is 2. The number of nitrogens with one attached hydrogen (secondary N) is 1. The van der Waals surface area contributed by atoms with Gasteiger partial charge in [0.1, 0.15) is 0 Å². The van der Waals surface area contributed by atoms with E-state index < -0.39 is 0 Å². The lowest BCUT2D eigenvalue weighted by Crippen LogP contribution is -2.35. The van der Waals surface area contributed by atoms with Gasteiger partial charge < -0.3 is 10.4 Å². The highest BCUT2D eigenvalue weighted by Gasteiger charge is 2.08. The van der Waals surface area contributed by atoms with Crippen LogP contribution in [0, 0.1) is 11.8 Å². The lowest BCUT2D eigenvalue weighted by atomic mass is 10.1. The van der Waals surface area contributed by atoms with Gasteiger partial charge in [-0.25, -0.2) is 0 Å². The van der Waals surface area contributed by atoms with E-state index in [0.29, 0.717) is 13.0 Å². The molecule has 1 rings (SSSR count). The van der Waals surface area contributed by atoms with Gasteiger partial charge in [-0.3, -0.25) is 9.69 Å². The third-order valence-corrected chi connectivity index (χ3v) is 2.90. The standard InChI is InChI=1S/C16H22N2O2/c1-3-18(13-16(20)17-2)12-15-9-6-8-14(11-15)7-4-5-10-19/h6,8-9,11,19H,3,5,10,12-13H2,1-2H3,(H,17,20). The summed E-state index contributed by atoms with van der Waals surface area (Å²) in [5.41, 5.74) is 2.07. The quantitative estimate of drug-likeness (QED) is 0.761. The van der Waals surface area contributed by atoms with Crippen molar-refractivity contribution < 1.29 is 9.90 Å². The molecule has 2 N–H and O–H groups in total. The predicted octanol–water partition coefficient (Wildman–Crippen LogP) is 0.988. The molecule has 0 aromatic heterocycles. The zero-order chi connectivity index (χ0) is 14.8.